The molecular formula is C20H32N2NiO6+2. The predicted octanol–water partition coefficient (Wildman–Crippen LogP) is 1.67. The molecule has 9 heteroatoms. The summed E-state index contributed by atoms with van der Waals surface area (Å²) in [5.41, 5.74) is 1.07. The second kappa shape index (κ2) is 12.9. The van der Waals surface area contributed by atoms with Crippen molar-refractivity contribution in [1.82, 2.24) is 0 Å². The number of carbonyl (C=O) groups is 2. The molecule has 0 aromatic rings. The number of carboxylic acid groups (broad SMARTS) is 2. The fraction of sp³-hybridized carbons (Fsp3) is 0.600. The normalized spacial score (nSPS) is 31.6. The van der Waals surface area contributed by atoms with Crippen molar-refractivity contribution in [3.63, 3.8) is 0 Å². The maximum Gasteiger partial charge on any atom is 2.00 e. The minimum absolute atomic E-state index is 0. The van der Waals surface area contributed by atoms with Crippen LogP contribution in [0.5, 0.6) is 0 Å². The standard InChI is InChI=1S/C10H16NO2.C10H10NO2.Ni.2H2O/c2*12-10(13)9-8-4-2-1-3-7(8)5-6-11-9;;;/h7-9H,1-6H2,(H,12,13);1-5,8-9H,6H2,(H,12,13);;2*1H2/q2*-1;+2;;/p+2. The van der Waals surface area contributed by atoms with Crippen molar-refractivity contribution < 1.29 is 47.2 Å². The molecule has 166 valence electrons. The van der Waals surface area contributed by atoms with Crippen LogP contribution in [0.4, 0.5) is 0 Å². The Morgan fingerprint density at radius 1 is 0.931 bits per heavy atom. The SMILES string of the molecule is O=C(O)C1[N-]CC=C2C=CC=CC21.O=C(O)C1[N-]CCC2CCCCC21.[Ni+2].[OH3+].[OH3+]. The van der Waals surface area contributed by atoms with E-state index >= 15 is 0 Å². The first-order valence-electron chi connectivity index (χ1n) is 9.41. The van der Waals surface area contributed by atoms with E-state index in [0.717, 1.165) is 25.0 Å². The van der Waals surface area contributed by atoms with Gasteiger partial charge in [-0.05, 0) is 35.4 Å². The van der Waals surface area contributed by atoms with E-state index in [9.17, 15) is 9.59 Å². The monoisotopic (exact) mass is 454 g/mol. The molecule has 5 unspecified atom stereocenters. The first-order valence-corrected chi connectivity index (χ1v) is 9.41. The number of rotatable bonds is 2. The van der Waals surface area contributed by atoms with Crippen molar-refractivity contribution in [3.05, 3.63) is 46.6 Å². The van der Waals surface area contributed by atoms with Crippen LogP contribution in [-0.4, -0.2) is 47.3 Å². The van der Waals surface area contributed by atoms with Crippen LogP contribution in [0.2, 0.25) is 0 Å². The van der Waals surface area contributed by atoms with E-state index in [1.807, 2.05) is 30.4 Å². The molecule has 0 radical (unpaired) electrons. The van der Waals surface area contributed by atoms with Crippen LogP contribution < -0.4 is 0 Å². The Labute approximate surface area is 181 Å². The molecule has 2 aliphatic heterocycles. The van der Waals surface area contributed by atoms with E-state index in [4.69, 9.17) is 10.2 Å². The number of hydrogen-bond donors (Lipinski definition) is 2. The van der Waals surface area contributed by atoms with Gasteiger partial charge in [0.2, 0.25) is 0 Å². The summed E-state index contributed by atoms with van der Waals surface area (Å²) in [6.07, 6.45) is 15.5. The molecule has 5 atom stereocenters. The average Bonchev–Trinajstić information content (AvgIpc) is 2.67. The number of hydrogen-bond acceptors (Lipinski definition) is 2. The summed E-state index contributed by atoms with van der Waals surface area (Å²) in [5, 5.41) is 26.1. The molecule has 8 N–H and O–H groups in total. The summed E-state index contributed by atoms with van der Waals surface area (Å²) in [6, 6.07) is -0.986. The molecule has 0 bridgehead atoms. The fourth-order valence-electron chi connectivity index (χ4n) is 4.47. The third kappa shape index (κ3) is 6.76. The molecule has 0 spiro atoms. The van der Waals surface area contributed by atoms with Crippen molar-refractivity contribution in [3.8, 4) is 0 Å². The quantitative estimate of drug-likeness (QED) is 0.477. The van der Waals surface area contributed by atoms with E-state index < -0.39 is 18.0 Å². The van der Waals surface area contributed by atoms with Gasteiger partial charge in [-0.25, -0.2) is 0 Å². The first kappa shape index (κ1) is 27.5. The van der Waals surface area contributed by atoms with Crippen LogP contribution in [0.1, 0.15) is 32.1 Å². The molecule has 2 fully saturated rings. The second-order valence-electron chi connectivity index (χ2n) is 7.31. The smallest absolute Gasteiger partial charge is 0.650 e. The third-order valence-electron chi connectivity index (χ3n) is 5.78. The molecule has 4 aliphatic rings. The van der Waals surface area contributed by atoms with E-state index in [0.29, 0.717) is 18.4 Å². The summed E-state index contributed by atoms with van der Waals surface area (Å²) in [6.45, 7) is 1.28. The van der Waals surface area contributed by atoms with Gasteiger partial charge in [0, 0.05) is 0 Å². The predicted molar refractivity (Wildman–Crippen MR) is 109 cm³/mol. The van der Waals surface area contributed by atoms with Crippen LogP contribution in [0.15, 0.2) is 36.0 Å². The summed E-state index contributed by atoms with van der Waals surface area (Å²) in [4.78, 5) is 21.7. The number of fused-ring (bicyclic) bond motifs is 2. The maximum atomic E-state index is 10.9. The molecule has 29 heavy (non-hydrogen) atoms. The third-order valence-corrected chi connectivity index (χ3v) is 5.78. The van der Waals surface area contributed by atoms with Gasteiger partial charge in [-0.2, -0.15) is 0 Å². The Morgan fingerprint density at radius 2 is 1.62 bits per heavy atom. The molecule has 1 saturated carbocycles. The zero-order valence-electron chi connectivity index (χ0n) is 16.3. The molecule has 8 nitrogen and oxygen atoms in total. The Kier molecular flexibility index (Phi) is 12.3. The average molecular weight is 455 g/mol. The van der Waals surface area contributed by atoms with E-state index in [1.54, 1.807) is 0 Å². The van der Waals surface area contributed by atoms with E-state index in [2.05, 4.69) is 10.6 Å². The zero-order chi connectivity index (χ0) is 18.5. The first-order chi connectivity index (χ1) is 12.6. The van der Waals surface area contributed by atoms with Gasteiger partial charge < -0.3 is 31.8 Å². The Hall–Kier alpha value is -1.51. The zero-order valence-corrected chi connectivity index (χ0v) is 17.3. The molecule has 1 saturated heterocycles. The van der Waals surface area contributed by atoms with Crippen LogP contribution in [0, 0.1) is 17.8 Å². The van der Waals surface area contributed by atoms with Gasteiger partial charge in [-0.1, -0.05) is 56.4 Å². The van der Waals surface area contributed by atoms with Crippen molar-refractivity contribution in [2.45, 2.75) is 44.2 Å². The van der Waals surface area contributed by atoms with Crippen LogP contribution in [-0.2, 0) is 37.0 Å². The summed E-state index contributed by atoms with van der Waals surface area (Å²) in [5.74, 6) is -0.615. The summed E-state index contributed by atoms with van der Waals surface area (Å²) >= 11 is 0. The van der Waals surface area contributed by atoms with Gasteiger partial charge in [0.05, 0.1) is 0 Å². The second-order valence-corrected chi connectivity index (χ2v) is 7.31. The van der Waals surface area contributed by atoms with Crippen LogP contribution in [0.3, 0.4) is 0 Å². The maximum absolute atomic E-state index is 10.9. The molecule has 4 rings (SSSR count). The molecule has 2 aliphatic carbocycles. The van der Waals surface area contributed by atoms with Gasteiger partial charge in [0.25, 0.3) is 11.9 Å². The topological polar surface area (TPSA) is 169 Å². The molecule has 0 aromatic carbocycles. The molecule has 0 aromatic heterocycles. The van der Waals surface area contributed by atoms with Crippen LogP contribution in [0.25, 0.3) is 10.6 Å². The van der Waals surface area contributed by atoms with Gasteiger partial charge in [-0.15, -0.1) is 19.2 Å². The van der Waals surface area contributed by atoms with Gasteiger partial charge >= 0.3 is 16.5 Å². The van der Waals surface area contributed by atoms with Crippen molar-refractivity contribution in [2.24, 2.45) is 17.8 Å². The minimum atomic E-state index is -0.837. The largest absolute Gasteiger partial charge is 2.00 e. The number of aliphatic carboxylic acids is 2. The number of nitrogens with zero attached hydrogens (tertiary/aromatic N) is 2. The summed E-state index contributed by atoms with van der Waals surface area (Å²) in [7, 11) is 0. The number of carboxylic acids is 2. The molecule has 2 heterocycles. The fourth-order valence-corrected chi connectivity index (χ4v) is 4.47. The Balaban J connectivity index is 0.000000490. The van der Waals surface area contributed by atoms with E-state index in [-0.39, 0.29) is 39.4 Å². The summed E-state index contributed by atoms with van der Waals surface area (Å²) < 4.78 is 0. The van der Waals surface area contributed by atoms with Gasteiger partial charge in [0.1, 0.15) is 0 Å². The minimum Gasteiger partial charge on any atom is -0.650 e. The van der Waals surface area contributed by atoms with Gasteiger partial charge in [0.15, 0.2) is 0 Å². The van der Waals surface area contributed by atoms with Crippen molar-refractivity contribution >= 4 is 11.9 Å². The van der Waals surface area contributed by atoms with Crippen molar-refractivity contribution in [1.29, 1.82) is 0 Å². The van der Waals surface area contributed by atoms with Crippen molar-refractivity contribution in [2.75, 3.05) is 13.1 Å². The number of allylic oxidation sites excluding steroid dienone is 3. The van der Waals surface area contributed by atoms with Gasteiger partial charge in [-0.3, -0.25) is 9.59 Å². The van der Waals surface area contributed by atoms with E-state index in [1.165, 1.54) is 19.3 Å². The molecular weight excluding hydrogens is 423 g/mol. The van der Waals surface area contributed by atoms with Crippen LogP contribution >= 0.6 is 0 Å². The Morgan fingerprint density at radius 3 is 2.31 bits per heavy atom. The number of piperidine rings is 1. The molecule has 0 amide bonds. The Bertz CT molecular complexity index is 634.